The van der Waals surface area contributed by atoms with Crippen LogP contribution in [0.25, 0.3) is 10.9 Å². The Bertz CT molecular complexity index is 1060. The monoisotopic (exact) mass is 399 g/mol. The topological polar surface area (TPSA) is 75.3 Å². The Morgan fingerprint density at radius 3 is 2.75 bits per heavy atom. The third-order valence-electron chi connectivity index (χ3n) is 4.48. The van der Waals surface area contributed by atoms with Gasteiger partial charge in [-0.2, -0.15) is 0 Å². The van der Waals surface area contributed by atoms with Gasteiger partial charge >= 0.3 is 0 Å². The average molecular weight is 400 g/mol. The Balaban J connectivity index is 1.77. The van der Waals surface area contributed by atoms with Gasteiger partial charge in [0.2, 0.25) is 0 Å². The number of hydrogen-bond donors (Lipinski definition) is 1. The fourth-order valence-electron chi connectivity index (χ4n) is 2.98. The molecule has 1 unspecified atom stereocenters. The fraction of sp³-hybridized carbons (Fsp3) is 0.286. The summed E-state index contributed by atoms with van der Waals surface area (Å²) < 4.78 is 5.83. The van der Waals surface area contributed by atoms with E-state index in [1.165, 1.54) is 0 Å². The van der Waals surface area contributed by atoms with Crippen molar-refractivity contribution in [1.29, 1.82) is 0 Å². The number of amides is 1. The van der Waals surface area contributed by atoms with Crippen molar-refractivity contribution < 1.29 is 9.53 Å². The van der Waals surface area contributed by atoms with Crippen LogP contribution < -0.4 is 10.3 Å². The molecule has 0 saturated carbocycles. The maximum absolute atomic E-state index is 12.9. The molecule has 28 heavy (non-hydrogen) atoms. The SMILES string of the molecule is CCN(Cc1nc2ccccc2c(=O)[nH]1)C(=O)C(C)Oc1ccc(Cl)cc1C. The van der Waals surface area contributed by atoms with Gasteiger partial charge in [0, 0.05) is 11.6 Å². The maximum Gasteiger partial charge on any atom is 0.263 e. The van der Waals surface area contributed by atoms with Gasteiger partial charge in [-0.1, -0.05) is 23.7 Å². The summed E-state index contributed by atoms with van der Waals surface area (Å²) in [7, 11) is 0. The number of nitrogens with zero attached hydrogens (tertiary/aromatic N) is 2. The number of benzene rings is 2. The molecule has 0 fully saturated rings. The molecule has 0 aliphatic heterocycles. The molecule has 1 heterocycles. The lowest BCUT2D eigenvalue weighted by Gasteiger charge is -2.25. The summed E-state index contributed by atoms with van der Waals surface area (Å²) >= 11 is 5.97. The maximum atomic E-state index is 12.9. The molecule has 0 spiro atoms. The molecule has 7 heteroatoms. The minimum absolute atomic E-state index is 0.187. The second-order valence-corrected chi connectivity index (χ2v) is 6.99. The van der Waals surface area contributed by atoms with Crippen molar-refractivity contribution in [2.45, 2.75) is 33.4 Å². The van der Waals surface area contributed by atoms with Gasteiger partial charge in [-0.3, -0.25) is 9.59 Å². The Labute approximate surface area is 168 Å². The molecule has 0 bridgehead atoms. The first kappa shape index (κ1) is 19.9. The number of carbonyl (C=O) groups is 1. The lowest BCUT2D eigenvalue weighted by atomic mass is 10.2. The zero-order valence-electron chi connectivity index (χ0n) is 16.0. The normalized spacial score (nSPS) is 12.0. The number of aryl methyl sites for hydroxylation is 1. The molecule has 0 aliphatic carbocycles. The number of carbonyl (C=O) groups excluding carboxylic acids is 1. The van der Waals surface area contributed by atoms with E-state index in [2.05, 4.69) is 9.97 Å². The number of para-hydroxylation sites is 1. The van der Waals surface area contributed by atoms with Crippen molar-refractivity contribution >= 4 is 28.4 Å². The summed E-state index contributed by atoms with van der Waals surface area (Å²) in [4.78, 5) is 33.9. The summed E-state index contributed by atoms with van der Waals surface area (Å²) in [6.45, 7) is 6.11. The summed E-state index contributed by atoms with van der Waals surface area (Å²) in [6, 6.07) is 12.4. The molecule has 3 aromatic rings. The predicted octanol–water partition coefficient (Wildman–Crippen LogP) is 3.70. The largest absolute Gasteiger partial charge is 0.481 e. The molecular formula is C21H22ClN3O3. The highest BCUT2D eigenvalue weighted by molar-refractivity contribution is 6.30. The van der Waals surface area contributed by atoms with Gasteiger partial charge < -0.3 is 14.6 Å². The van der Waals surface area contributed by atoms with Crippen LogP contribution in [0.5, 0.6) is 5.75 Å². The highest BCUT2D eigenvalue weighted by Crippen LogP contribution is 2.23. The molecule has 1 N–H and O–H groups in total. The number of nitrogens with one attached hydrogen (secondary N) is 1. The van der Waals surface area contributed by atoms with E-state index in [0.29, 0.717) is 34.0 Å². The molecule has 1 aromatic heterocycles. The van der Waals surface area contributed by atoms with Gasteiger partial charge in [-0.05, 0) is 56.7 Å². The number of aromatic nitrogens is 2. The second-order valence-electron chi connectivity index (χ2n) is 6.55. The van der Waals surface area contributed by atoms with Crippen LogP contribution in [0.1, 0.15) is 25.2 Å². The highest BCUT2D eigenvalue weighted by atomic mass is 35.5. The van der Waals surface area contributed by atoms with Crippen molar-refractivity contribution in [3.8, 4) is 5.75 Å². The van der Waals surface area contributed by atoms with Crippen LogP contribution in [0.4, 0.5) is 0 Å². The van der Waals surface area contributed by atoms with Crippen molar-refractivity contribution in [3.05, 3.63) is 69.2 Å². The Kier molecular flexibility index (Phi) is 5.99. The van der Waals surface area contributed by atoms with Gasteiger partial charge in [-0.15, -0.1) is 0 Å². The third kappa shape index (κ3) is 4.34. The van der Waals surface area contributed by atoms with Crippen LogP contribution in [0.15, 0.2) is 47.3 Å². The van der Waals surface area contributed by atoms with E-state index in [1.807, 2.05) is 19.9 Å². The van der Waals surface area contributed by atoms with E-state index in [-0.39, 0.29) is 18.0 Å². The summed E-state index contributed by atoms with van der Waals surface area (Å²) in [5.41, 5.74) is 1.24. The Hall–Kier alpha value is -2.86. The highest BCUT2D eigenvalue weighted by Gasteiger charge is 2.22. The molecule has 6 nitrogen and oxygen atoms in total. The molecule has 2 aromatic carbocycles. The molecule has 146 valence electrons. The van der Waals surface area contributed by atoms with Crippen LogP contribution in [0.3, 0.4) is 0 Å². The van der Waals surface area contributed by atoms with E-state index in [1.54, 1.807) is 48.2 Å². The number of halogens is 1. The van der Waals surface area contributed by atoms with Gasteiger partial charge in [0.1, 0.15) is 11.6 Å². The van der Waals surface area contributed by atoms with E-state index >= 15 is 0 Å². The summed E-state index contributed by atoms with van der Waals surface area (Å²) in [6.07, 6.45) is -0.688. The first-order chi connectivity index (χ1) is 13.4. The smallest absolute Gasteiger partial charge is 0.263 e. The van der Waals surface area contributed by atoms with Crippen LogP contribution in [-0.2, 0) is 11.3 Å². The van der Waals surface area contributed by atoms with Crippen molar-refractivity contribution in [1.82, 2.24) is 14.9 Å². The van der Waals surface area contributed by atoms with E-state index in [4.69, 9.17) is 16.3 Å². The summed E-state index contributed by atoms with van der Waals surface area (Å²) in [5.74, 6) is 0.861. The zero-order valence-corrected chi connectivity index (χ0v) is 16.8. The van der Waals surface area contributed by atoms with Gasteiger partial charge in [-0.25, -0.2) is 4.98 Å². The summed E-state index contributed by atoms with van der Waals surface area (Å²) in [5, 5.41) is 1.14. The molecule has 3 rings (SSSR count). The van der Waals surface area contributed by atoms with E-state index in [9.17, 15) is 9.59 Å². The molecule has 0 radical (unpaired) electrons. The number of ether oxygens (including phenoxy) is 1. The zero-order chi connectivity index (χ0) is 20.3. The van der Waals surface area contributed by atoms with Crippen LogP contribution in [0.2, 0.25) is 5.02 Å². The third-order valence-corrected chi connectivity index (χ3v) is 4.72. The molecule has 0 saturated heterocycles. The second kappa shape index (κ2) is 8.44. The number of likely N-dealkylation sites (N-methyl/N-ethyl adjacent to an activating group) is 1. The lowest BCUT2D eigenvalue weighted by Crippen LogP contribution is -2.40. The Morgan fingerprint density at radius 2 is 2.04 bits per heavy atom. The molecule has 0 aliphatic rings. The van der Waals surface area contributed by atoms with Crippen molar-refractivity contribution in [3.63, 3.8) is 0 Å². The van der Waals surface area contributed by atoms with E-state index < -0.39 is 6.10 Å². The number of H-pyrrole nitrogens is 1. The molecule has 1 amide bonds. The number of fused-ring (bicyclic) bond motifs is 1. The minimum Gasteiger partial charge on any atom is -0.481 e. The quantitative estimate of drug-likeness (QED) is 0.685. The van der Waals surface area contributed by atoms with Crippen LogP contribution in [0, 0.1) is 6.92 Å². The average Bonchev–Trinajstić information content (AvgIpc) is 2.67. The van der Waals surface area contributed by atoms with Crippen LogP contribution in [-0.4, -0.2) is 33.4 Å². The van der Waals surface area contributed by atoms with Gasteiger partial charge in [0.05, 0.1) is 17.4 Å². The predicted molar refractivity (Wildman–Crippen MR) is 110 cm³/mol. The first-order valence-corrected chi connectivity index (χ1v) is 9.46. The van der Waals surface area contributed by atoms with Crippen molar-refractivity contribution in [2.24, 2.45) is 0 Å². The van der Waals surface area contributed by atoms with Gasteiger partial charge in [0.25, 0.3) is 11.5 Å². The lowest BCUT2D eigenvalue weighted by molar-refractivity contribution is -0.138. The van der Waals surface area contributed by atoms with Crippen molar-refractivity contribution in [2.75, 3.05) is 6.54 Å². The number of rotatable bonds is 6. The van der Waals surface area contributed by atoms with Crippen LogP contribution >= 0.6 is 11.6 Å². The standard InChI is InChI=1S/C21H22ClN3O3/c1-4-25(12-19-23-17-8-6-5-7-16(17)20(26)24-19)21(27)14(3)28-18-10-9-15(22)11-13(18)2/h5-11,14H,4,12H2,1-3H3,(H,23,24,26). The number of hydrogen-bond acceptors (Lipinski definition) is 4. The minimum atomic E-state index is -0.688. The fourth-order valence-corrected chi connectivity index (χ4v) is 3.21. The van der Waals surface area contributed by atoms with Gasteiger partial charge in [0.15, 0.2) is 6.10 Å². The Morgan fingerprint density at radius 1 is 1.29 bits per heavy atom. The molecular weight excluding hydrogens is 378 g/mol. The first-order valence-electron chi connectivity index (χ1n) is 9.08. The molecule has 1 atom stereocenters. The van der Waals surface area contributed by atoms with E-state index in [0.717, 1.165) is 5.56 Å². The number of aromatic amines is 1.